The molecule has 2 N–H and O–H groups in total. The Hall–Kier alpha value is -3.14. The number of rotatable bonds is 3. The fourth-order valence-corrected chi connectivity index (χ4v) is 2.73. The molecule has 0 spiro atoms. The highest BCUT2D eigenvalue weighted by Crippen LogP contribution is 2.27. The van der Waals surface area contributed by atoms with Crippen molar-refractivity contribution in [3.8, 4) is 11.3 Å². The molecule has 140 valence electrons. The molecule has 2 aromatic heterocycles. The smallest absolute Gasteiger partial charge is 0.227 e. The summed E-state index contributed by atoms with van der Waals surface area (Å²) >= 11 is 0. The molecule has 0 saturated carbocycles. The van der Waals surface area contributed by atoms with E-state index in [0.717, 1.165) is 27.8 Å². The summed E-state index contributed by atoms with van der Waals surface area (Å²) < 4.78 is 0. The number of hydrogen-bond acceptors (Lipinski definition) is 3. The van der Waals surface area contributed by atoms with Gasteiger partial charge in [-0.1, -0.05) is 52.0 Å². The molecule has 2 heterocycles. The Morgan fingerprint density at radius 2 is 1.67 bits per heavy atom. The Balaban J connectivity index is 0.000000614. The summed E-state index contributed by atoms with van der Waals surface area (Å²) in [5, 5.41) is 4.43. The second-order valence-electron chi connectivity index (χ2n) is 5.50. The molecule has 4 rings (SSSR count). The maximum atomic E-state index is 4.66. The van der Waals surface area contributed by atoms with Crippen LogP contribution in [0.15, 0.2) is 67.0 Å². The van der Waals surface area contributed by atoms with Crippen LogP contribution in [0.3, 0.4) is 0 Å². The molecule has 2 aromatic carbocycles. The van der Waals surface area contributed by atoms with Gasteiger partial charge in [-0.25, -0.2) is 9.97 Å². The minimum atomic E-state index is 0.598. The van der Waals surface area contributed by atoms with Gasteiger partial charge in [0, 0.05) is 34.5 Å². The number of aromatic amines is 1. The van der Waals surface area contributed by atoms with Gasteiger partial charge in [-0.3, -0.25) is 0 Å². The van der Waals surface area contributed by atoms with Gasteiger partial charge < -0.3 is 10.3 Å². The predicted octanol–water partition coefficient (Wildman–Crippen LogP) is 6.73. The summed E-state index contributed by atoms with van der Waals surface area (Å²) in [6.07, 6.45) is 3.73. The first-order valence-corrected chi connectivity index (χ1v) is 9.53. The zero-order valence-corrected chi connectivity index (χ0v) is 16.7. The lowest BCUT2D eigenvalue weighted by Gasteiger charge is -2.08. The van der Waals surface area contributed by atoms with Crippen molar-refractivity contribution < 1.29 is 0 Å². The van der Waals surface area contributed by atoms with Crippen molar-refractivity contribution in [3.05, 3.63) is 72.6 Å². The second-order valence-corrected chi connectivity index (χ2v) is 5.50. The third kappa shape index (κ3) is 4.94. The van der Waals surface area contributed by atoms with Crippen LogP contribution in [-0.4, -0.2) is 15.0 Å². The Morgan fingerprint density at radius 1 is 0.889 bits per heavy atom. The highest BCUT2D eigenvalue weighted by molar-refractivity contribution is 5.94. The number of H-pyrrole nitrogens is 1. The summed E-state index contributed by atoms with van der Waals surface area (Å²) in [5.74, 6) is 0.598. The molecule has 4 heteroatoms. The van der Waals surface area contributed by atoms with Crippen LogP contribution in [0.5, 0.6) is 0 Å². The SMILES string of the molecule is CC.CC.Cc1cccc(Nc2nccc(-c3cccc4[nH]ccc34)n2)c1. The van der Waals surface area contributed by atoms with E-state index < -0.39 is 0 Å². The Kier molecular flexibility index (Phi) is 7.56. The lowest BCUT2D eigenvalue weighted by atomic mass is 10.1. The van der Waals surface area contributed by atoms with Gasteiger partial charge in [0.2, 0.25) is 5.95 Å². The van der Waals surface area contributed by atoms with E-state index in [1.807, 2.05) is 58.2 Å². The number of nitrogens with zero attached hydrogens (tertiary/aromatic N) is 2. The van der Waals surface area contributed by atoms with E-state index >= 15 is 0 Å². The van der Waals surface area contributed by atoms with Gasteiger partial charge in [-0.05, 0) is 42.8 Å². The molecule has 0 amide bonds. The molecule has 0 bridgehead atoms. The largest absolute Gasteiger partial charge is 0.361 e. The van der Waals surface area contributed by atoms with E-state index in [-0.39, 0.29) is 0 Å². The third-order valence-electron chi connectivity index (χ3n) is 3.80. The molecule has 0 aliphatic carbocycles. The number of nitrogens with one attached hydrogen (secondary N) is 2. The van der Waals surface area contributed by atoms with Crippen molar-refractivity contribution in [1.82, 2.24) is 15.0 Å². The van der Waals surface area contributed by atoms with Crippen molar-refractivity contribution in [2.45, 2.75) is 34.6 Å². The highest BCUT2D eigenvalue weighted by Gasteiger charge is 2.07. The van der Waals surface area contributed by atoms with E-state index in [9.17, 15) is 0 Å². The molecule has 27 heavy (non-hydrogen) atoms. The van der Waals surface area contributed by atoms with Gasteiger partial charge in [-0.15, -0.1) is 0 Å². The molecule has 4 aromatic rings. The van der Waals surface area contributed by atoms with E-state index in [1.54, 1.807) is 6.20 Å². The highest BCUT2D eigenvalue weighted by atomic mass is 15.1. The van der Waals surface area contributed by atoms with Crippen LogP contribution in [0.4, 0.5) is 11.6 Å². The van der Waals surface area contributed by atoms with Gasteiger partial charge in [0.15, 0.2) is 0 Å². The first-order chi connectivity index (χ1) is 13.3. The Bertz CT molecular complexity index is 973. The van der Waals surface area contributed by atoms with Crippen LogP contribution in [0.25, 0.3) is 22.2 Å². The van der Waals surface area contributed by atoms with Gasteiger partial charge in [0.25, 0.3) is 0 Å². The molecule has 0 saturated heterocycles. The lowest BCUT2D eigenvalue weighted by molar-refractivity contribution is 1.17. The minimum Gasteiger partial charge on any atom is -0.361 e. The van der Waals surface area contributed by atoms with Crippen LogP contribution >= 0.6 is 0 Å². The van der Waals surface area contributed by atoms with Crippen molar-refractivity contribution in [2.75, 3.05) is 5.32 Å². The maximum absolute atomic E-state index is 4.66. The molecule has 4 nitrogen and oxygen atoms in total. The van der Waals surface area contributed by atoms with Crippen LogP contribution < -0.4 is 5.32 Å². The summed E-state index contributed by atoms with van der Waals surface area (Å²) in [5.41, 5.74) is 5.29. The van der Waals surface area contributed by atoms with Crippen LogP contribution in [0.2, 0.25) is 0 Å². The molecular formula is C23H28N4. The molecule has 0 unspecified atom stereocenters. The van der Waals surface area contributed by atoms with Crippen molar-refractivity contribution >= 4 is 22.5 Å². The van der Waals surface area contributed by atoms with E-state index in [2.05, 4.69) is 57.5 Å². The average molecular weight is 361 g/mol. The molecular weight excluding hydrogens is 332 g/mol. The standard InChI is InChI=1S/C19H16N4.2C2H6/c1-13-4-2-5-14(12-13)22-19-21-11-9-18(23-19)15-6-3-7-17-16(15)8-10-20-17;2*1-2/h2-12,20H,1H3,(H,21,22,23);2*1-2H3. The first-order valence-electron chi connectivity index (χ1n) is 9.53. The maximum Gasteiger partial charge on any atom is 0.227 e. The minimum absolute atomic E-state index is 0.598. The second kappa shape index (κ2) is 10.1. The van der Waals surface area contributed by atoms with Gasteiger partial charge >= 0.3 is 0 Å². The van der Waals surface area contributed by atoms with Crippen LogP contribution in [-0.2, 0) is 0 Å². The quantitative estimate of drug-likeness (QED) is 0.426. The van der Waals surface area contributed by atoms with E-state index in [1.165, 1.54) is 5.56 Å². The summed E-state index contributed by atoms with van der Waals surface area (Å²) in [6.45, 7) is 10.1. The van der Waals surface area contributed by atoms with E-state index in [0.29, 0.717) is 5.95 Å². The number of anilines is 2. The van der Waals surface area contributed by atoms with Crippen molar-refractivity contribution in [1.29, 1.82) is 0 Å². The Morgan fingerprint density at radius 3 is 2.44 bits per heavy atom. The third-order valence-corrected chi connectivity index (χ3v) is 3.80. The number of benzene rings is 2. The number of aryl methyl sites for hydroxylation is 1. The van der Waals surface area contributed by atoms with Gasteiger partial charge in [-0.2, -0.15) is 0 Å². The number of hydrogen-bond donors (Lipinski definition) is 2. The van der Waals surface area contributed by atoms with E-state index in [4.69, 9.17) is 0 Å². The topological polar surface area (TPSA) is 53.6 Å². The fourth-order valence-electron chi connectivity index (χ4n) is 2.73. The predicted molar refractivity (Wildman–Crippen MR) is 116 cm³/mol. The van der Waals surface area contributed by atoms with Crippen LogP contribution in [0, 0.1) is 6.92 Å². The number of fused-ring (bicyclic) bond motifs is 1. The first kappa shape index (κ1) is 20.2. The summed E-state index contributed by atoms with van der Waals surface area (Å²) in [6, 6.07) is 18.3. The monoisotopic (exact) mass is 360 g/mol. The molecule has 0 radical (unpaired) electrons. The number of aromatic nitrogens is 3. The van der Waals surface area contributed by atoms with Crippen LogP contribution in [0.1, 0.15) is 33.3 Å². The molecule has 0 aliphatic rings. The van der Waals surface area contributed by atoms with Crippen molar-refractivity contribution in [2.24, 2.45) is 0 Å². The molecule has 0 fully saturated rings. The average Bonchev–Trinajstić information content (AvgIpc) is 3.20. The molecule has 0 atom stereocenters. The van der Waals surface area contributed by atoms with Gasteiger partial charge in [0.1, 0.15) is 0 Å². The molecule has 0 aliphatic heterocycles. The van der Waals surface area contributed by atoms with Crippen molar-refractivity contribution in [3.63, 3.8) is 0 Å². The fraction of sp³-hybridized carbons (Fsp3) is 0.217. The summed E-state index contributed by atoms with van der Waals surface area (Å²) in [4.78, 5) is 12.2. The zero-order valence-electron chi connectivity index (χ0n) is 16.7. The Labute approximate surface area is 161 Å². The summed E-state index contributed by atoms with van der Waals surface area (Å²) in [7, 11) is 0. The zero-order chi connectivity index (χ0) is 19.6. The lowest BCUT2D eigenvalue weighted by Crippen LogP contribution is -1.98. The normalized spacial score (nSPS) is 9.67. The van der Waals surface area contributed by atoms with Gasteiger partial charge in [0.05, 0.1) is 5.69 Å².